The first-order valence-electron chi connectivity index (χ1n) is 5.39. The van der Waals surface area contributed by atoms with E-state index in [4.69, 9.17) is 5.73 Å². The van der Waals surface area contributed by atoms with E-state index in [1.54, 1.807) is 0 Å². The summed E-state index contributed by atoms with van der Waals surface area (Å²) >= 11 is 0. The maximum Gasteiger partial charge on any atom is 0.251 e. The van der Waals surface area contributed by atoms with Crippen LogP contribution in [0.2, 0.25) is 0 Å². The molecule has 2 fully saturated rings. The molecular formula is C10H17ClF2N2O. The van der Waals surface area contributed by atoms with Gasteiger partial charge < -0.3 is 5.73 Å². The standard InChI is InChI=1S/C10H16F2N2O.ClH/c11-10(12)4-8(5-10)14-3-1-2-7(6-14)9(13)15;/h7-8H,1-6H2,(H2,13,15);1H. The molecule has 2 N–H and O–H groups in total. The Bertz CT molecular complexity index is 268. The van der Waals surface area contributed by atoms with Gasteiger partial charge in [0.1, 0.15) is 0 Å². The van der Waals surface area contributed by atoms with Gasteiger partial charge in [-0.15, -0.1) is 12.4 Å². The maximum absolute atomic E-state index is 12.7. The Morgan fingerprint density at radius 1 is 1.38 bits per heavy atom. The zero-order chi connectivity index (χ0) is 11.1. The van der Waals surface area contributed by atoms with E-state index in [9.17, 15) is 13.6 Å². The van der Waals surface area contributed by atoms with Crippen LogP contribution in [0.25, 0.3) is 0 Å². The van der Waals surface area contributed by atoms with Crippen molar-refractivity contribution in [1.29, 1.82) is 0 Å². The van der Waals surface area contributed by atoms with Gasteiger partial charge in [-0.05, 0) is 19.4 Å². The largest absolute Gasteiger partial charge is 0.369 e. The molecule has 1 saturated carbocycles. The van der Waals surface area contributed by atoms with E-state index < -0.39 is 5.92 Å². The lowest BCUT2D eigenvalue weighted by atomic mass is 9.84. The molecule has 3 nitrogen and oxygen atoms in total. The van der Waals surface area contributed by atoms with Gasteiger partial charge in [0, 0.05) is 25.4 Å². The summed E-state index contributed by atoms with van der Waals surface area (Å²) in [6.45, 7) is 1.39. The lowest BCUT2D eigenvalue weighted by molar-refractivity contribution is -0.136. The van der Waals surface area contributed by atoms with Crippen LogP contribution in [0.3, 0.4) is 0 Å². The fourth-order valence-electron chi connectivity index (χ4n) is 2.46. The predicted molar refractivity (Wildman–Crippen MR) is 58.7 cm³/mol. The molecule has 1 amide bonds. The Morgan fingerprint density at radius 3 is 2.50 bits per heavy atom. The van der Waals surface area contributed by atoms with Gasteiger partial charge in [-0.25, -0.2) is 8.78 Å². The Labute approximate surface area is 99.8 Å². The third-order valence-corrected chi connectivity index (χ3v) is 3.44. The summed E-state index contributed by atoms with van der Waals surface area (Å²) in [6, 6.07) is -0.0397. The molecule has 16 heavy (non-hydrogen) atoms. The Hall–Kier alpha value is -0.420. The van der Waals surface area contributed by atoms with Gasteiger partial charge in [0.05, 0.1) is 5.92 Å². The minimum Gasteiger partial charge on any atom is -0.369 e. The highest BCUT2D eigenvalue weighted by Gasteiger charge is 2.48. The minimum absolute atomic E-state index is 0. The molecule has 6 heteroatoms. The van der Waals surface area contributed by atoms with Crippen molar-refractivity contribution in [2.75, 3.05) is 13.1 Å². The van der Waals surface area contributed by atoms with Crippen LogP contribution >= 0.6 is 12.4 Å². The summed E-state index contributed by atoms with van der Waals surface area (Å²) in [7, 11) is 0. The van der Waals surface area contributed by atoms with Gasteiger partial charge in [0.15, 0.2) is 0 Å². The number of halogens is 3. The first-order chi connectivity index (χ1) is 6.98. The second-order valence-electron chi connectivity index (χ2n) is 4.65. The van der Waals surface area contributed by atoms with Crippen LogP contribution in [0.1, 0.15) is 25.7 Å². The Morgan fingerprint density at radius 2 is 2.00 bits per heavy atom. The zero-order valence-corrected chi connectivity index (χ0v) is 9.81. The van der Waals surface area contributed by atoms with Crippen molar-refractivity contribution >= 4 is 18.3 Å². The van der Waals surface area contributed by atoms with E-state index in [1.165, 1.54) is 0 Å². The summed E-state index contributed by atoms with van der Waals surface area (Å²) < 4.78 is 25.4. The number of nitrogens with two attached hydrogens (primary N) is 1. The van der Waals surface area contributed by atoms with Crippen molar-refractivity contribution in [2.45, 2.75) is 37.6 Å². The first kappa shape index (κ1) is 13.6. The van der Waals surface area contributed by atoms with E-state index in [2.05, 4.69) is 0 Å². The van der Waals surface area contributed by atoms with E-state index in [0.717, 1.165) is 19.4 Å². The highest BCUT2D eigenvalue weighted by Crippen LogP contribution is 2.41. The molecule has 1 aliphatic heterocycles. The number of amides is 1. The fourth-order valence-corrected chi connectivity index (χ4v) is 2.46. The number of carbonyl (C=O) groups excluding carboxylic acids is 1. The monoisotopic (exact) mass is 254 g/mol. The highest BCUT2D eigenvalue weighted by molar-refractivity contribution is 5.85. The molecule has 1 saturated heterocycles. The van der Waals surface area contributed by atoms with Crippen LogP contribution in [-0.4, -0.2) is 35.9 Å². The highest BCUT2D eigenvalue weighted by atomic mass is 35.5. The summed E-state index contributed by atoms with van der Waals surface area (Å²) in [4.78, 5) is 13.0. The van der Waals surface area contributed by atoms with Gasteiger partial charge >= 0.3 is 0 Å². The minimum atomic E-state index is -2.48. The quantitative estimate of drug-likeness (QED) is 0.810. The van der Waals surface area contributed by atoms with Crippen molar-refractivity contribution in [2.24, 2.45) is 11.7 Å². The van der Waals surface area contributed by atoms with E-state index >= 15 is 0 Å². The molecule has 0 aromatic heterocycles. The number of rotatable bonds is 2. The summed E-state index contributed by atoms with van der Waals surface area (Å²) in [5, 5.41) is 0. The van der Waals surface area contributed by atoms with Crippen LogP contribution < -0.4 is 5.73 Å². The predicted octanol–water partition coefficient (Wildman–Crippen LogP) is 1.40. The SMILES string of the molecule is Cl.NC(=O)C1CCCN(C2CC(F)(F)C2)C1. The van der Waals surface area contributed by atoms with Gasteiger partial charge in [-0.1, -0.05) is 0 Å². The van der Waals surface area contributed by atoms with Crippen molar-refractivity contribution < 1.29 is 13.6 Å². The van der Waals surface area contributed by atoms with Gasteiger partial charge in [-0.2, -0.15) is 0 Å². The number of hydrogen-bond acceptors (Lipinski definition) is 2. The van der Waals surface area contributed by atoms with Crippen LogP contribution in [-0.2, 0) is 4.79 Å². The third-order valence-electron chi connectivity index (χ3n) is 3.44. The van der Waals surface area contributed by atoms with Crippen LogP contribution in [0, 0.1) is 5.92 Å². The van der Waals surface area contributed by atoms with Gasteiger partial charge in [-0.3, -0.25) is 9.69 Å². The lowest BCUT2D eigenvalue weighted by Gasteiger charge is -2.45. The van der Waals surface area contributed by atoms with Crippen LogP contribution in [0.5, 0.6) is 0 Å². The molecule has 0 aromatic carbocycles. The summed E-state index contributed by atoms with van der Waals surface area (Å²) in [6.07, 6.45) is 1.57. The molecule has 1 aliphatic carbocycles. The molecule has 1 heterocycles. The Kier molecular flexibility index (Phi) is 4.12. The second-order valence-corrected chi connectivity index (χ2v) is 4.65. The topological polar surface area (TPSA) is 46.3 Å². The lowest BCUT2D eigenvalue weighted by Crippen LogP contribution is -2.54. The van der Waals surface area contributed by atoms with Crippen molar-refractivity contribution in [3.8, 4) is 0 Å². The molecular weight excluding hydrogens is 238 g/mol. The number of carbonyl (C=O) groups is 1. The maximum atomic E-state index is 12.7. The second kappa shape index (κ2) is 4.84. The molecule has 0 bridgehead atoms. The Balaban J connectivity index is 0.00000128. The number of primary amides is 1. The molecule has 1 atom stereocenters. The van der Waals surface area contributed by atoms with Crippen LogP contribution in [0.4, 0.5) is 8.78 Å². The number of hydrogen-bond donors (Lipinski definition) is 1. The van der Waals surface area contributed by atoms with Crippen molar-refractivity contribution in [3.05, 3.63) is 0 Å². The van der Waals surface area contributed by atoms with Gasteiger partial charge in [0.25, 0.3) is 5.92 Å². The summed E-state index contributed by atoms with van der Waals surface area (Å²) in [5.74, 6) is -2.93. The molecule has 94 valence electrons. The van der Waals surface area contributed by atoms with Gasteiger partial charge in [0.2, 0.25) is 5.91 Å². The third kappa shape index (κ3) is 2.83. The van der Waals surface area contributed by atoms with Crippen molar-refractivity contribution in [1.82, 2.24) is 4.90 Å². The summed E-state index contributed by atoms with van der Waals surface area (Å²) in [5.41, 5.74) is 5.23. The molecule has 2 aliphatic rings. The molecule has 1 unspecified atom stereocenters. The molecule has 0 spiro atoms. The van der Waals surface area contributed by atoms with E-state index in [-0.39, 0.29) is 43.1 Å². The molecule has 0 radical (unpaired) electrons. The first-order valence-corrected chi connectivity index (χ1v) is 5.39. The number of likely N-dealkylation sites (tertiary alicyclic amines) is 1. The van der Waals surface area contributed by atoms with Crippen LogP contribution in [0.15, 0.2) is 0 Å². The fraction of sp³-hybridized carbons (Fsp3) is 0.900. The molecule has 2 rings (SSSR count). The number of nitrogens with zero attached hydrogens (tertiary/aromatic N) is 1. The number of piperidine rings is 1. The van der Waals surface area contributed by atoms with E-state index in [1.807, 2.05) is 4.90 Å². The van der Waals surface area contributed by atoms with Crippen molar-refractivity contribution in [3.63, 3.8) is 0 Å². The zero-order valence-electron chi connectivity index (χ0n) is 8.99. The normalized spacial score (nSPS) is 30.2. The average Bonchev–Trinajstić information content (AvgIpc) is 2.14. The molecule has 0 aromatic rings. The van der Waals surface area contributed by atoms with E-state index in [0.29, 0.717) is 6.54 Å². The number of alkyl halides is 2. The smallest absolute Gasteiger partial charge is 0.251 e. The average molecular weight is 255 g/mol.